The molecular weight excluding hydrogens is 262 g/mol. The molecule has 2 N–H and O–H groups in total. The van der Waals surface area contributed by atoms with Crippen LogP contribution in [0.2, 0.25) is 0 Å². The minimum atomic E-state index is -3.24. The van der Waals surface area contributed by atoms with Crippen LogP contribution in [0.25, 0.3) is 0 Å². The van der Waals surface area contributed by atoms with E-state index in [1.807, 2.05) is 0 Å². The van der Waals surface area contributed by atoms with Crippen LogP contribution in [0.3, 0.4) is 0 Å². The second-order valence-electron chi connectivity index (χ2n) is 5.93. The van der Waals surface area contributed by atoms with E-state index in [2.05, 4.69) is 6.92 Å². The van der Waals surface area contributed by atoms with Gasteiger partial charge in [-0.3, -0.25) is 0 Å². The Morgan fingerprint density at radius 2 is 1.84 bits per heavy atom. The van der Waals surface area contributed by atoms with E-state index < -0.39 is 10.2 Å². The number of nitrogens with zero attached hydrogens (tertiary/aromatic N) is 2. The predicted octanol–water partition coefficient (Wildman–Crippen LogP) is 1.17. The molecule has 2 saturated heterocycles. The first-order chi connectivity index (χ1) is 9.05. The Hall–Kier alpha value is -0.170. The molecule has 0 saturated carbocycles. The van der Waals surface area contributed by atoms with E-state index in [-0.39, 0.29) is 6.04 Å². The molecule has 1 unspecified atom stereocenters. The van der Waals surface area contributed by atoms with Crippen LogP contribution in [0.15, 0.2) is 0 Å². The molecule has 2 fully saturated rings. The zero-order valence-electron chi connectivity index (χ0n) is 11.9. The molecule has 0 bridgehead atoms. The summed E-state index contributed by atoms with van der Waals surface area (Å²) in [6.45, 7) is 4.90. The summed E-state index contributed by atoms with van der Waals surface area (Å²) in [5, 5.41) is 0. The van der Waals surface area contributed by atoms with Crippen LogP contribution >= 0.6 is 0 Å². The lowest BCUT2D eigenvalue weighted by atomic mass is 10.0. The van der Waals surface area contributed by atoms with E-state index in [0.29, 0.717) is 32.1 Å². The van der Waals surface area contributed by atoms with Crippen LogP contribution in [0.4, 0.5) is 0 Å². The fraction of sp³-hybridized carbons (Fsp3) is 1.00. The van der Waals surface area contributed by atoms with Crippen molar-refractivity contribution in [2.24, 2.45) is 11.7 Å². The standard InChI is InChI=1S/C13H27N3O2S/c1-12-6-10-15(11-7-12)19(17,18)16-9-3-5-13(16)4-2-8-14/h12-13H,2-11,14H2,1H3. The second kappa shape index (κ2) is 6.52. The van der Waals surface area contributed by atoms with E-state index in [4.69, 9.17) is 5.73 Å². The molecule has 0 aromatic heterocycles. The molecule has 0 aliphatic carbocycles. The van der Waals surface area contributed by atoms with E-state index in [1.165, 1.54) is 0 Å². The summed E-state index contributed by atoms with van der Waals surface area (Å²) in [6, 6.07) is 0.174. The van der Waals surface area contributed by atoms with Gasteiger partial charge in [0.05, 0.1) is 0 Å². The average molecular weight is 289 g/mol. The number of piperidine rings is 1. The van der Waals surface area contributed by atoms with Crippen LogP contribution in [-0.2, 0) is 10.2 Å². The van der Waals surface area contributed by atoms with E-state index in [1.54, 1.807) is 8.61 Å². The monoisotopic (exact) mass is 289 g/mol. The molecular formula is C13H27N3O2S. The summed E-state index contributed by atoms with van der Waals surface area (Å²) in [6.07, 6.45) is 5.76. The second-order valence-corrected chi connectivity index (χ2v) is 7.81. The summed E-state index contributed by atoms with van der Waals surface area (Å²) in [4.78, 5) is 0. The minimum Gasteiger partial charge on any atom is -0.330 e. The molecule has 0 aromatic carbocycles. The van der Waals surface area contributed by atoms with Gasteiger partial charge in [-0.1, -0.05) is 6.92 Å². The molecule has 2 aliphatic rings. The van der Waals surface area contributed by atoms with Gasteiger partial charge in [0.2, 0.25) is 0 Å². The molecule has 2 heterocycles. The lowest BCUT2D eigenvalue weighted by molar-refractivity contribution is 0.257. The lowest BCUT2D eigenvalue weighted by Crippen LogP contribution is -2.48. The molecule has 5 nitrogen and oxygen atoms in total. The van der Waals surface area contributed by atoms with Crippen LogP contribution in [0, 0.1) is 5.92 Å². The fourth-order valence-corrected chi connectivity index (χ4v) is 5.04. The van der Waals surface area contributed by atoms with E-state index in [0.717, 1.165) is 38.5 Å². The molecule has 1 atom stereocenters. The minimum absolute atomic E-state index is 0.174. The highest BCUT2D eigenvalue weighted by Gasteiger charge is 2.38. The van der Waals surface area contributed by atoms with Crippen molar-refractivity contribution in [1.29, 1.82) is 0 Å². The summed E-state index contributed by atoms with van der Waals surface area (Å²) < 4.78 is 28.8. The SMILES string of the molecule is CC1CCN(S(=O)(=O)N2CCCC2CCCN)CC1. The number of hydrogen-bond donors (Lipinski definition) is 1. The van der Waals surface area contributed by atoms with E-state index in [9.17, 15) is 8.42 Å². The van der Waals surface area contributed by atoms with Crippen molar-refractivity contribution in [2.45, 2.75) is 51.5 Å². The fourth-order valence-electron chi connectivity index (χ4n) is 3.12. The number of nitrogens with two attached hydrogens (primary N) is 1. The predicted molar refractivity (Wildman–Crippen MR) is 76.9 cm³/mol. The molecule has 0 aromatic rings. The Balaban J connectivity index is 2.01. The molecule has 0 spiro atoms. The van der Waals surface area contributed by atoms with Crippen molar-refractivity contribution in [3.05, 3.63) is 0 Å². The van der Waals surface area contributed by atoms with Gasteiger partial charge in [0, 0.05) is 25.7 Å². The van der Waals surface area contributed by atoms with Crippen molar-refractivity contribution < 1.29 is 8.42 Å². The molecule has 2 aliphatic heterocycles. The van der Waals surface area contributed by atoms with Gasteiger partial charge >= 0.3 is 0 Å². The first kappa shape index (κ1) is 15.2. The lowest BCUT2D eigenvalue weighted by Gasteiger charge is -2.34. The molecule has 0 radical (unpaired) electrons. The topological polar surface area (TPSA) is 66.6 Å². The van der Waals surface area contributed by atoms with Gasteiger partial charge in [-0.15, -0.1) is 0 Å². The van der Waals surface area contributed by atoms with Crippen LogP contribution in [0.1, 0.15) is 45.4 Å². The normalized spacial score (nSPS) is 28.0. The van der Waals surface area contributed by atoms with Gasteiger partial charge in [0.25, 0.3) is 10.2 Å². The first-order valence-electron chi connectivity index (χ1n) is 7.52. The maximum Gasteiger partial charge on any atom is 0.282 e. The van der Waals surface area contributed by atoms with Gasteiger partial charge in [-0.25, -0.2) is 0 Å². The third-order valence-electron chi connectivity index (χ3n) is 4.43. The molecule has 0 amide bonds. The smallest absolute Gasteiger partial charge is 0.282 e. The zero-order valence-corrected chi connectivity index (χ0v) is 12.7. The van der Waals surface area contributed by atoms with Gasteiger partial charge in [0.15, 0.2) is 0 Å². The highest BCUT2D eigenvalue weighted by atomic mass is 32.2. The number of rotatable bonds is 5. The third-order valence-corrected chi connectivity index (χ3v) is 6.52. The number of hydrogen-bond acceptors (Lipinski definition) is 3. The summed E-state index contributed by atoms with van der Waals surface area (Å²) >= 11 is 0. The molecule has 19 heavy (non-hydrogen) atoms. The average Bonchev–Trinajstić information content (AvgIpc) is 2.86. The van der Waals surface area contributed by atoms with Gasteiger partial charge in [-0.2, -0.15) is 17.0 Å². The Morgan fingerprint density at radius 3 is 2.47 bits per heavy atom. The third kappa shape index (κ3) is 3.48. The molecule has 6 heteroatoms. The summed E-state index contributed by atoms with van der Waals surface area (Å²) in [5.74, 6) is 0.651. The summed E-state index contributed by atoms with van der Waals surface area (Å²) in [7, 11) is -3.24. The Kier molecular flexibility index (Phi) is 5.22. The van der Waals surface area contributed by atoms with Crippen LogP contribution < -0.4 is 5.73 Å². The Bertz CT molecular complexity index is 377. The Labute approximate surface area is 117 Å². The van der Waals surface area contributed by atoms with Gasteiger partial charge in [-0.05, 0) is 51.0 Å². The zero-order chi connectivity index (χ0) is 13.9. The summed E-state index contributed by atoms with van der Waals surface area (Å²) in [5.41, 5.74) is 5.54. The first-order valence-corrected chi connectivity index (χ1v) is 8.92. The highest BCUT2D eigenvalue weighted by molar-refractivity contribution is 7.86. The Morgan fingerprint density at radius 1 is 1.16 bits per heavy atom. The van der Waals surface area contributed by atoms with Crippen molar-refractivity contribution in [1.82, 2.24) is 8.61 Å². The maximum absolute atomic E-state index is 12.7. The quantitative estimate of drug-likeness (QED) is 0.826. The van der Waals surface area contributed by atoms with Crippen molar-refractivity contribution in [3.8, 4) is 0 Å². The maximum atomic E-state index is 12.7. The van der Waals surface area contributed by atoms with Gasteiger partial charge in [0.1, 0.15) is 0 Å². The van der Waals surface area contributed by atoms with Crippen LogP contribution in [0.5, 0.6) is 0 Å². The van der Waals surface area contributed by atoms with Gasteiger partial charge < -0.3 is 5.73 Å². The van der Waals surface area contributed by atoms with Crippen molar-refractivity contribution >= 4 is 10.2 Å². The van der Waals surface area contributed by atoms with Crippen LogP contribution in [-0.4, -0.2) is 49.2 Å². The highest BCUT2D eigenvalue weighted by Crippen LogP contribution is 2.28. The van der Waals surface area contributed by atoms with Crippen molar-refractivity contribution in [2.75, 3.05) is 26.2 Å². The van der Waals surface area contributed by atoms with Crippen molar-refractivity contribution in [3.63, 3.8) is 0 Å². The largest absolute Gasteiger partial charge is 0.330 e. The molecule has 2 rings (SSSR count). The molecule has 112 valence electrons. The van der Waals surface area contributed by atoms with E-state index >= 15 is 0 Å².